The van der Waals surface area contributed by atoms with Crippen molar-refractivity contribution in [1.82, 2.24) is 0 Å². The number of hydrogen-bond donors (Lipinski definition) is 1. The van der Waals surface area contributed by atoms with E-state index in [0.717, 1.165) is 12.1 Å². The average molecular weight is 190 g/mol. The molecule has 0 radical (unpaired) electrons. The van der Waals surface area contributed by atoms with Crippen molar-refractivity contribution in [3.05, 3.63) is 23.8 Å². The highest BCUT2D eigenvalue weighted by atomic mass is 14.7. The van der Waals surface area contributed by atoms with Crippen molar-refractivity contribution < 1.29 is 0 Å². The van der Waals surface area contributed by atoms with Crippen LogP contribution in [0.15, 0.2) is 28.8 Å². The van der Waals surface area contributed by atoms with Crippen LogP contribution in [0.2, 0.25) is 0 Å². The molecule has 14 heavy (non-hydrogen) atoms. The first-order valence-electron chi connectivity index (χ1n) is 4.87. The SMILES string of the molecule is CN=C1C(=N)C=CC=C1CC(C)(C)C. The highest BCUT2D eigenvalue weighted by Crippen LogP contribution is 2.26. The van der Waals surface area contributed by atoms with Gasteiger partial charge in [-0.2, -0.15) is 0 Å². The summed E-state index contributed by atoms with van der Waals surface area (Å²) in [6.45, 7) is 6.59. The summed E-state index contributed by atoms with van der Waals surface area (Å²) in [6.07, 6.45) is 6.74. The minimum absolute atomic E-state index is 0.243. The van der Waals surface area contributed by atoms with Gasteiger partial charge in [0.25, 0.3) is 0 Å². The lowest BCUT2D eigenvalue weighted by molar-refractivity contribution is 0.415. The third-order valence-corrected chi connectivity index (χ3v) is 2.06. The number of aliphatic imine (C=N–C) groups is 1. The molecule has 1 rings (SSSR count). The lowest BCUT2D eigenvalue weighted by atomic mass is 9.84. The largest absolute Gasteiger partial charge is 0.299 e. The van der Waals surface area contributed by atoms with Gasteiger partial charge in [-0.05, 0) is 23.5 Å². The molecule has 0 bridgehead atoms. The standard InChI is InChI=1S/C12H18N2/c1-12(2,3)8-9-6-5-7-10(13)11(9)14-4/h5-7,13H,8H2,1-4H3. The van der Waals surface area contributed by atoms with Crippen molar-refractivity contribution in [2.24, 2.45) is 10.4 Å². The molecule has 0 unspecified atom stereocenters. The van der Waals surface area contributed by atoms with Gasteiger partial charge >= 0.3 is 0 Å². The highest BCUT2D eigenvalue weighted by Gasteiger charge is 2.19. The molecule has 0 aliphatic heterocycles. The van der Waals surface area contributed by atoms with Crippen molar-refractivity contribution in [2.75, 3.05) is 7.05 Å². The molecule has 1 N–H and O–H groups in total. The fourth-order valence-electron chi connectivity index (χ4n) is 1.57. The zero-order valence-corrected chi connectivity index (χ0v) is 9.39. The predicted molar refractivity (Wildman–Crippen MR) is 62.4 cm³/mol. The fraction of sp³-hybridized carbons (Fsp3) is 0.500. The number of allylic oxidation sites excluding steroid dienone is 4. The van der Waals surface area contributed by atoms with Crippen molar-refractivity contribution in [3.8, 4) is 0 Å². The minimum atomic E-state index is 0.243. The molecule has 0 amide bonds. The first-order chi connectivity index (χ1) is 6.44. The van der Waals surface area contributed by atoms with Gasteiger partial charge in [0.1, 0.15) is 0 Å². The number of nitrogens with zero attached hydrogens (tertiary/aromatic N) is 1. The molecule has 2 nitrogen and oxygen atoms in total. The van der Waals surface area contributed by atoms with Crippen LogP contribution in [-0.2, 0) is 0 Å². The summed E-state index contributed by atoms with van der Waals surface area (Å²) in [5.41, 5.74) is 2.77. The van der Waals surface area contributed by atoms with Crippen LogP contribution in [0.1, 0.15) is 27.2 Å². The van der Waals surface area contributed by atoms with Gasteiger partial charge in [-0.25, -0.2) is 0 Å². The quantitative estimate of drug-likeness (QED) is 0.617. The first kappa shape index (κ1) is 10.9. The predicted octanol–water partition coefficient (Wildman–Crippen LogP) is 3.01. The third kappa shape index (κ3) is 2.66. The summed E-state index contributed by atoms with van der Waals surface area (Å²) in [5, 5.41) is 7.73. The monoisotopic (exact) mass is 190 g/mol. The molecule has 0 fully saturated rings. The molecule has 1 aliphatic rings. The van der Waals surface area contributed by atoms with E-state index in [1.54, 1.807) is 13.1 Å². The molecule has 1 aliphatic carbocycles. The Hall–Kier alpha value is -1.18. The van der Waals surface area contributed by atoms with E-state index in [2.05, 4.69) is 31.8 Å². The van der Waals surface area contributed by atoms with Crippen molar-refractivity contribution in [1.29, 1.82) is 5.41 Å². The van der Waals surface area contributed by atoms with Gasteiger partial charge in [0.15, 0.2) is 0 Å². The van der Waals surface area contributed by atoms with E-state index in [0.29, 0.717) is 5.71 Å². The van der Waals surface area contributed by atoms with Gasteiger partial charge in [0, 0.05) is 7.05 Å². The van der Waals surface area contributed by atoms with Crippen LogP contribution in [0.4, 0.5) is 0 Å². The van der Waals surface area contributed by atoms with E-state index in [9.17, 15) is 0 Å². The molecule has 76 valence electrons. The molecule has 0 spiro atoms. The summed E-state index contributed by atoms with van der Waals surface area (Å²) in [5.74, 6) is 0. The van der Waals surface area contributed by atoms with Crippen LogP contribution < -0.4 is 0 Å². The van der Waals surface area contributed by atoms with Crippen molar-refractivity contribution >= 4 is 11.4 Å². The van der Waals surface area contributed by atoms with E-state index in [-0.39, 0.29) is 5.41 Å². The van der Waals surface area contributed by atoms with Gasteiger partial charge in [-0.3, -0.25) is 10.4 Å². The van der Waals surface area contributed by atoms with Crippen LogP contribution in [-0.4, -0.2) is 18.5 Å². The second-order valence-electron chi connectivity index (χ2n) is 4.77. The molecule has 0 saturated carbocycles. The van der Waals surface area contributed by atoms with Crippen molar-refractivity contribution in [2.45, 2.75) is 27.2 Å². The molecule has 0 saturated heterocycles. The second kappa shape index (κ2) is 3.91. The van der Waals surface area contributed by atoms with Gasteiger partial charge in [0.2, 0.25) is 0 Å². The van der Waals surface area contributed by atoms with Gasteiger partial charge in [-0.15, -0.1) is 0 Å². The Kier molecular flexibility index (Phi) is 3.04. The lowest BCUT2D eigenvalue weighted by Gasteiger charge is -2.22. The molecule has 0 aromatic heterocycles. The lowest BCUT2D eigenvalue weighted by Crippen LogP contribution is -2.20. The Morgan fingerprint density at radius 3 is 2.50 bits per heavy atom. The van der Waals surface area contributed by atoms with Gasteiger partial charge in [-0.1, -0.05) is 32.9 Å². The maximum absolute atomic E-state index is 7.73. The Morgan fingerprint density at radius 2 is 2.00 bits per heavy atom. The number of rotatable bonds is 1. The molecule has 0 aromatic rings. The Bertz CT molecular complexity index is 325. The maximum atomic E-state index is 7.73. The first-order valence-corrected chi connectivity index (χ1v) is 4.87. The molecule has 0 heterocycles. The van der Waals surface area contributed by atoms with Crippen LogP contribution >= 0.6 is 0 Å². The summed E-state index contributed by atoms with van der Waals surface area (Å²) in [6, 6.07) is 0. The number of hydrogen-bond acceptors (Lipinski definition) is 2. The molecule has 2 heteroatoms. The second-order valence-corrected chi connectivity index (χ2v) is 4.77. The highest BCUT2D eigenvalue weighted by molar-refractivity contribution is 6.51. The van der Waals surface area contributed by atoms with Crippen LogP contribution in [0.25, 0.3) is 0 Å². The van der Waals surface area contributed by atoms with E-state index in [1.165, 1.54) is 5.57 Å². The van der Waals surface area contributed by atoms with Gasteiger partial charge in [0.05, 0.1) is 11.4 Å². The Morgan fingerprint density at radius 1 is 1.36 bits per heavy atom. The van der Waals surface area contributed by atoms with Crippen molar-refractivity contribution in [3.63, 3.8) is 0 Å². The Balaban J connectivity index is 2.92. The normalized spacial score (nSPS) is 20.1. The summed E-state index contributed by atoms with van der Waals surface area (Å²) in [4.78, 5) is 4.17. The van der Waals surface area contributed by atoms with Crippen LogP contribution in [0, 0.1) is 10.8 Å². The van der Waals surface area contributed by atoms with Crippen LogP contribution in [0.3, 0.4) is 0 Å². The van der Waals surface area contributed by atoms with E-state index >= 15 is 0 Å². The average Bonchev–Trinajstić information content (AvgIpc) is 2.01. The fourth-order valence-corrected chi connectivity index (χ4v) is 1.57. The smallest absolute Gasteiger partial charge is 0.0852 e. The van der Waals surface area contributed by atoms with Gasteiger partial charge < -0.3 is 0 Å². The minimum Gasteiger partial charge on any atom is -0.299 e. The Labute approximate surface area is 85.9 Å². The summed E-state index contributed by atoms with van der Waals surface area (Å²) >= 11 is 0. The topological polar surface area (TPSA) is 36.2 Å². The molecule has 0 atom stereocenters. The maximum Gasteiger partial charge on any atom is 0.0852 e. The van der Waals surface area contributed by atoms with E-state index < -0.39 is 0 Å². The molecule has 0 aromatic carbocycles. The number of nitrogens with one attached hydrogen (secondary N) is 1. The zero-order valence-electron chi connectivity index (χ0n) is 9.39. The third-order valence-electron chi connectivity index (χ3n) is 2.06. The van der Waals surface area contributed by atoms with Crippen LogP contribution in [0.5, 0.6) is 0 Å². The zero-order chi connectivity index (χ0) is 10.8. The summed E-state index contributed by atoms with van der Waals surface area (Å²) < 4.78 is 0. The summed E-state index contributed by atoms with van der Waals surface area (Å²) in [7, 11) is 1.75. The molecular weight excluding hydrogens is 172 g/mol. The molecular formula is C12H18N2. The van der Waals surface area contributed by atoms with E-state index in [4.69, 9.17) is 5.41 Å². The van der Waals surface area contributed by atoms with E-state index in [1.807, 2.05) is 6.08 Å².